The van der Waals surface area contributed by atoms with Crippen molar-refractivity contribution in [3.63, 3.8) is 0 Å². The molecule has 3 rings (SSSR count). The average molecular weight is 295 g/mol. The Morgan fingerprint density at radius 1 is 1.09 bits per heavy atom. The third-order valence-corrected chi connectivity index (χ3v) is 3.08. The zero-order valence-electron chi connectivity index (χ0n) is 11.6. The largest absolute Gasteiger partial charge is 0.487 e. The van der Waals surface area contributed by atoms with E-state index in [2.05, 4.69) is 5.10 Å². The van der Waals surface area contributed by atoms with Crippen LogP contribution in [0, 0.1) is 10.1 Å². The van der Waals surface area contributed by atoms with E-state index in [1.54, 1.807) is 16.8 Å². The summed E-state index contributed by atoms with van der Waals surface area (Å²) in [7, 11) is 0. The molecule has 6 heteroatoms. The summed E-state index contributed by atoms with van der Waals surface area (Å²) in [6.45, 7) is 0.251. The van der Waals surface area contributed by atoms with Crippen molar-refractivity contribution in [3.05, 3.63) is 82.7 Å². The zero-order valence-corrected chi connectivity index (χ0v) is 11.6. The molecule has 0 aliphatic heterocycles. The molecule has 0 saturated carbocycles. The third kappa shape index (κ3) is 3.12. The van der Waals surface area contributed by atoms with Crippen molar-refractivity contribution in [2.45, 2.75) is 6.61 Å². The summed E-state index contributed by atoms with van der Waals surface area (Å²) in [6.07, 6.45) is 1.85. The van der Waals surface area contributed by atoms with E-state index in [1.165, 1.54) is 12.1 Å². The van der Waals surface area contributed by atoms with Gasteiger partial charge in [-0.05, 0) is 24.3 Å². The number of non-ortho nitro benzene ring substituents is 1. The second-order valence-electron chi connectivity index (χ2n) is 4.63. The lowest BCUT2D eigenvalue weighted by Crippen LogP contribution is -2.00. The number of hydrogen-bond acceptors (Lipinski definition) is 4. The van der Waals surface area contributed by atoms with Gasteiger partial charge < -0.3 is 4.74 Å². The molecule has 6 nitrogen and oxygen atoms in total. The summed E-state index contributed by atoms with van der Waals surface area (Å²) in [5, 5.41) is 15.1. The molecule has 2 aromatic carbocycles. The van der Waals surface area contributed by atoms with E-state index in [9.17, 15) is 10.1 Å². The molecule has 0 amide bonds. The van der Waals surface area contributed by atoms with Crippen molar-refractivity contribution in [2.24, 2.45) is 0 Å². The zero-order chi connectivity index (χ0) is 15.4. The summed E-state index contributed by atoms with van der Waals surface area (Å²) in [4.78, 5) is 10.3. The first kappa shape index (κ1) is 13.8. The molecule has 22 heavy (non-hydrogen) atoms. The van der Waals surface area contributed by atoms with Crippen molar-refractivity contribution in [2.75, 3.05) is 0 Å². The Morgan fingerprint density at radius 3 is 2.68 bits per heavy atom. The van der Waals surface area contributed by atoms with Gasteiger partial charge in [0.2, 0.25) is 0 Å². The molecular weight excluding hydrogens is 282 g/mol. The Morgan fingerprint density at radius 2 is 1.91 bits per heavy atom. The SMILES string of the molecule is O=[N+]([O-])c1cccc(OCc2ccn(-c3ccccc3)n2)c1. The van der Waals surface area contributed by atoms with Crippen LogP contribution in [0.25, 0.3) is 5.69 Å². The Labute approximate surface area is 126 Å². The van der Waals surface area contributed by atoms with Crippen LogP contribution in [0.3, 0.4) is 0 Å². The predicted octanol–water partition coefficient (Wildman–Crippen LogP) is 3.36. The summed E-state index contributed by atoms with van der Waals surface area (Å²) in [5.74, 6) is 0.448. The molecule has 0 saturated heterocycles. The number of ether oxygens (including phenoxy) is 1. The van der Waals surface area contributed by atoms with Crippen molar-refractivity contribution in [3.8, 4) is 11.4 Å². The standard InChI is InChI=1S/C16H13N3O3/c20-19(21)15-7-4-8-16(11-15)22-12-13-9-10-18(17-13)14-5-2-1-3-6-14/h1-11H,12H2. The van der Waals surface area contributed by atoms with Crippen molar-refractivity contribution in [1.29, 1.82) is 0 Å². The van der Waals surface area contributed by atoms with Gasteiger partial charge in [-0.3, -0.25) is 10.1 Å². The highest BCUT2D eigenvalue weighted by atomic mass is 16.6. The minimum atomic E-state index is -0.447. The Hall–Kier alpha value is -3.15. The molecule has 0 fully saturated rings. The molecule has 1 heterocycles. The normalized spacial score (nSPS) is 10.4. The van der Waals surface area contributed by atoms with Gasteiger partial charge in [0, 0.05) is 12.3 Å². The lowest BCUT2D eigenvalue weighted by Gasteiger charge is -2.04. The van der Waals surface area contributed by atoms with E-state index in [0.29, 0.717) is 5.75 Å². The number of nitro groups is 1. The minimum Gasteiger partial charge on any atom is -0.487 e. The van der Waals surface area contributed by atoms with Crippen molar-refractivity contribution in [1.82, 2.24) is 9.78 Å². The van der Waals surface area contributed by atoms with Gasteiger partial charge in [0.05, 0.1) is 16.7 Å². The number of hydrogen-bond donors (Lipinski definition) is 0. The highest BCUT2D eigenvalue weighted by Crippen LogP contribution is 2.20. The van der Waals surface area contributed by atoms with Crippen LogP contribution < -0.4 is 4.74 Å². The molecule has 0 bridgehead atoms. The molecule has 0 N–H and O–H groups in total. The van der Waals surface area contributed by atoms with E-state index in [4.69, 9.17) is 4.74 Å². The Kier molecular flexibility index (Phi) is 3.82. The van der Waals surface area contributed by atoms with Gasteiger partial charge in [-0.1, -0.05) is 24.3 Å². The molecule has 0 atom stereocenters. The van der Waals surface area contributed by atoms with E-state index in [1.807, 2.05) is 42.6 Å². The van der Waals surface area contributed by atoms with Gasteiger partial charge in [-0.25, -0.2) is 4.68 Å². The maximum Gasteiger partial charge on any atom is 0.273 e. The molecule has 1 aromatic heterocycles. The first-order chi connectivity index (χ1) is 10.7. The second-order valence-corrected chi connectivity index (χ2v) is 4.63. The maximum absolute atomic E-state index is 10.7. The van der Waals surface area contributed by atoms with E-state index in [-0.39, 0.29) is 12.3 Å². The van der Waals surface area contributed by atoms with Crippen LogP contribution in [0.2, 0.25) is 0 Å². The van der Waals surface area contributed by atoms with E-state index in [0.717, 1.165) is 11.4 Å². The summed E-state index contributed by atoms with van der Waals surface area (Å²) in [5.41, 5.74) is 1.71. The van der Waals surface area contributed by atoms with Crippen LogP contribution >= 0.6 is 0 Å². The molecular formula is C16H13N3O3. The third-order valence-electron chi connectivity index (χ3n) is 3.08. The van der Waals surface area contributed by atoms with Gasteiger partial charge >= 0.3 is 0 Å². The summed E-state index contributed by atoms with van der Waals surface area (Å²) >= 11 is 0. The van der Waals surface area contributed by atoms with Gasteiger partial charge in [-0.2, -0.15) is 5.10 Å². The maximum atomic E-state index is 10.7. The lowest BCUT2D eigenvalue weighted by atomic mass is 10.3. The fraction of sp³-hybridized carbons (Fsp3) is 0.0625. The van der Waals surface area contributed by atoms with Crippen LogP contribution in [0.1, 0.15) is 5.69 Å². The monoisotopic (exact) mass is 295 g/mol. The van der Waals surface area contributed by atoms with Crippen LogP contribution in [0.4, 0.5) is 5.69 Å². The minimum absolute atomic E-state index is 0.00677. The lowest BCUT2D eigenvalue weighted by molar-refractivity contribution is -0.384. The fourth-order valence-corrected chi connectivity index (χ4v) is 2.01. The number of rotatable bonds is 5. The number of aromatic nitrogens is 2. The van der Waals surface area contributed by atoms with Crippen LogP contribution in [0.15, 0.2) is 66.9 Å². The van der Waals surface area contributed by atoms with Gasteiger partial charge in [0.15, 0.2) is 0 Å². The van der Waals surface area contributed by atoms with Crippen molar-refractivity contribution >= 4 is 5.69 Å². The second kappa shape index (κ2) is 6.09. The highest BCUT2D eigenvalue weighted by Gasteiger charge is 2.07. The van der Waals surface area contributed by atoms with E-state index >= 15 is 0 Å². The fourth-order valence-electron chi connectivity index (χ4n) is 2.01. The van der Waals surface area contributed by atoms with Gasteiger partial charge in [0.25, 0.3) is 5.69 Å². The van der Waals surface area contributed by atoms with Gasteiger partial charge in [-0.15, -0.1) is 0 Å². The van der Waals surface area contributed by atoms with Gasteiger partial charge in [0.1, 0.15) is 18.1 Å². The molecule has 0 radical (unpaired) electrons. The molecule has 0 spiro atoms. The highest BCUT2D eigenvalue weighted by molar-refractivity contribution is 5.38. The topological polar surface area (TPSA) is 70.2 Å². The smallest absolute Gasteiger partial charge is 0.273 e. The molecule has 0 unspecified atom stereocenters. The number of nitro benzene ring substituents is 1. The molecule has 0 aliphatic rings. The average Bonchev–Trinajstić information content (AvgIpc) is 3.03. The molecule has 3 aromatic rings. The first-order valence-corrected chi connectivity index (χ1v) is 6.69. The number of nitrogens with zero attached hydrogens (tertiary/aromatic N) is 3. The molecule has 0 aliphatic carbocycles. The van der Waals surface area contributed by atoms with E-state index < -0.39 is 4.92 Å². The van der Waals surface area contributed by atoms with Crippen molar-refractivity contribution < 1.29 is 9.66 Å². The number of para-hydroxylation sites is 1. The van der Waals surface area contributed by atoms with Crippen LogP contribution in [-0.4, -0.2) is 14.7 Å². The first-order valence-electron chi connectivity index (χ1n) is 6.69. The van der Waals surface area contributed by atoms with Crippen LogP contribution in [0.5, 0.6) is 5.75 Å². The quantitative estimate of drug-likeness (QED) is 0.534. The number of benzene rings is 2. The Bertz CT molecular complexity index is 784. The van der Waals surface area contributed by atoms with Crippen LogP contribution in [-0.2, 0) is 6.61 Å². The summed E-state index contributed by atoms with van der Waals surface area (Å²) < 4.78 is 7.31. The molecule has 110 valence electrons. The summed E-state index contributed by atoms with van der Waals surface area (Å²) in [6, 6.07) is 17.7. The predicted molar refractivity (Wildman–Crippen MR) is 81.0 cm³/mol. The Balaban J connectivity index is 1.69.